The number of amides is 1. The summed E-state index contributed by atoms with van der Waals surface area (Å²) in [5, 5.41) is 23.5. The summed E-state index contributed by atoms with van der Waals surface area (Å²) in [4.78, 5) is 12.5. The quantitative estimate of drug-likeness (QED) is 0.225. The molecule has 0 atom stereocenters. The van der Waals surface area contributed by atoms with Gasteiger partial charge in [0.05, 0.1) is 18.6 Å². The number of hydrogen-bond donors (Lipinski definition) is 2. The molecule has 8 nitrogen and oxygen atoms in total. The van der Waals surface area contributed by atoms with E-state index in [0.29, 0.717) is 28.0 Å². The molecule has 2 N–H and O–H groups in total. The van der Waals surface area contributed by atoms with Crippen molar-refractivity contribution in [2.24, 2.45) is 5.10 Å². The second-order valence-corrected chi connectivity index (χ2v) is 8.19. The van der Waals surface area contributed by atoms with E-state index in [0.717, 1.165) is 11.3 Å². The maximum absolute atomic E-state index is 12.5. The van der Waals surface area contributed by atoms with Crippen LogP contribution in [0.15, 0.2) is 89.1 Å². The predicted octanol–water partition coefficient (Wildman–Crippen LogP) is 4.28. The van der Waals surface area contributed by atoms with Crippen molar-refractivity contribution >= 4 is 23.4 Å². The Morgan fingerprint density at radius 3 is 2.47 bits per heavy atom. The summed E-state index contributed by atoms with van der Waals surface area (Å²) < 4.78 is 7.11. The number of rotatable bonds is 8. The highest BCUT2D eigenvalue weighted by Crippen LogP contribution is 2.28. The topological polar surface area (TPSA) is 102 Å². The first-order valence-electron chi connectivity index (χ1n) is 10.5. The number of hydrazone groups is 1. The van der Waals surface area contributed by atoms with Gasteiger partial charge in [0.25, 0.3) is 5.91 Å². The average Bonchev–Trinajstić information content (AvgIpc) is 3.31. The van der Waals surface area contributed by atoms with Crippen LogP contribution in [-0.2, 0) is 4.79 Å². The number of aromatic hydroxyl groups is 1. The van der Waals surface area contributed by atoms with E-state index in [-0.39, 0.29) is 17.4 Å². The molecule has 0 aliphatic heterocycles. The van der Waals surface area contributed by atoms with Gasteiger partial charge >= 0.3 is 0 Å². The first-order chi connectivity index (χ1) is 16.6. The third kappa shape index (κ3) is 5.26. The van der Waals surface area contributed by atoms with Crippen LogP contribution < -0.4 is 10.2 Å². The number of hydrogen-bond acceptors (Lipinski definition) is 7. The van der Waals surface area contributed by atoms with E-state index in [2.05, 4.69) is 20.7 Å². The monoisotopic (exact) mass is 473 g/mol. The van der Waals surface area contributed by atoms with Crippen molar-refractivity contribution in [3.8, 4) is 28.6 Å². The Morgan fingerprint density at radius 2 is 1.76 bits per heavy atom. The molecule has 0 saturated carbocycles. The molecule has 0 saturated heterocycles. The van der Waals surface area contributed by atoms with E-state index >= 15 is 0 Å². The summed E-state index contributed by atoms with van der Waals surface area (Å²) in [6, 6.07) is 24.3. The van der Waals surface area contributed by atoms with Crippen molar-refractivity contribution in [1.29, 1.82) is 0 Å². The third-order valence-electron chi connectivity index (χ3n) is 4.95. The highest BCUT2D eigenvalue weighted by molar-refractivity contribution is 7.99. The molecule has 1 amide bonds. The Morgan fingerprint density at radius 1 is 1.06 bits per heavy atom. The van der Waals surface area contributed by atoms with Crippen molar-refractivity contribution in [2.75, 3.05) is 12.9 Å². The number of carbonyl (C=O) groups excluding carboxylic acids is 1. The van der Waals surface area contributed by atoms with Gasteiger partial charge < -0.3 is 9.84 Å². The number of nitrogens with zero attached hydrogens (tertiary/aromatic N) is 4. The van der Waals surface area contributed by atoms with Crippen LogP contribution in [0.4, 0.5) is 0 Å². The zero-order valence-corrected chi connectivity index (χ0v) is 19.5. The molecule has 9 heteroatoms. The lowest BCUT2D eigenvalue weighted by Crippen LogP contribution is -2.21. The minimum absolute atomic E-state index is 0.0510. The van der Waals surface area contributed by atoms with Gasteiger partial charge in [-0.3, -0.25) is 9.36 Å². The Labute approximate surface area is 201 Å². The van der Waals surface area contributed by atoms with Crippen molar-refractivity contribution in [3.05, 3.63) is 84.4 Å². The fourth-order valence-corrected chi connectivity index (χ4v) is 3.99. The average molecular weight is 474 g/mol. The maximum atomic E-state index is 12.5. The van der Waals surface area contributed by atoms with Gasteiger partial charge in [0.2, 0.25) is 0 Å². The zero-order valence-electron chi connectivity index (χ0n) is 18.7. The van der Waals surface area contributed by atoms with Gasteiger partial charge in [0.1, 0.15) is 11.5 Å². The van der Waals surface area contributed by atoms with Crippen molar-refractivity contribution in [2.45, 2.75) is 12.1 Å². The molecule has 0 bridgehead atoms. The molecule has 34 heavy (non-hydrogen) atoms. The molecule has 4 rings (SSSR count). The van der Waals surface area contributed by atoms with Gasteiger partial charge in [0, 0.05) is 16.8 Å². The number of phenolic OH excluding ortho intramolecular Hbond substituents is 1. The van der Waals surface area contributed by atoms with E-state index in [1.165, 1.54) is 17.8 Å². The molecule has 3 aromatic carbocycles. The van der Waals surface area contributed by atoms with Crippen molar-refractivity contribution < 1.29 is 14.6 Å². The highest BCUT2D eigenvalue weighted by atomic mass is 32.2. The standard InChI is InChI=1S/C25H23N5O3S/c1-17(21-15-20(33-2)13-14-22(21)31)26-27-23(32)16-34-25-29-28-24(18-9-5-3-6-10-18)30(25)19-11-7-4-8-12-19/h3-15,31H,16H2,1-2H3,(H,27,32)/b26-17+. The summed E-state index contributed by atoms with van der Waals surface area (Å²) in [6.07, 6.45) is 0. The van der Waals surface area contributed by atoms with Gasteiger partial charge in [-0.05, 0) is 37.3 Å². The molecule has 0 aliphatic rings. The summed E-state index contributed by atoms with van der Waals surface area (Å²) in [5.41, 5.74) is 5.28. The molecular formula is C25H23N5O3S. The number of carbonyl (C=O) groups is 1. The number of methoxy groups -OCH3 is 1. The lowest BCUT2D eigenvalue weighted by molar-refractivity contribution is -0.118. The minimum Gasteiger partial charge on any atom is -0.507 e. The van der Waals surface area contributed by atoms with Crippen LogP contribution in [0.1, 0.15) is 12.5 Å². The third-order valence-corrected chi connectivity index (χ3v) is 5.88. The largest absolute Gasteiger partial charge is 0.507 e. The molecule has 0 fully saturated rings. The fraction of sp³-hybridized carbons (Fsp3) is 0.120. The smallest absolute Gasteiger partial charge is 0.250 e. The lowest BCUT2D eigenvalue weighted by atomic mass is 10.1. The molecule has 0 spiro atoms. The van der Waals surface area contributed by atoms with E-state index in [4.69, 9.17) is 4.74 Å². The van der Waals surface area contributed by atoms with Crippen LogP contribution in [0, 0.1) is 0 Å². The predicted molar refractivity (Wildman–Crippen MR) is 133 cm³/mol. The maximum Gasteiger partial charge on any atom is 0.250 e. The van der Waals surface area contributed by atoms with Gasteiger partial charge in [-0.15, -0.1) is 10.2 Å². The Bertz CT molecular complexity index is 1310. The number of benzene rings is 3. The molecule has 4 aromatic rings. The first kappa shape index (κ1) is 23.1. The fourth-order valence-electron chi connectivity index (χ4n) is 3.25. The van der Waals surface area contributed by atoms with Gasteiger partial charge in [0.15, 0.2) is 11.0 Å². The summed E-state index contributed by atoms with van der Waals surface area (Å²) in [6.45, 7) is 1.69. The number of aromatic nitrogens is 3. The van der Waals surface area contributed by atoms with Crippen LogP contribution in [0.2, 0.25) is 0 Å². The normalized spacial score (nSPS) is 11.3. The van der Waals surface area contributed by atoms with Crippen molar-refractivity contribution in [3.63, 3.8) is 0 Å². The number of ether oxygens (including phenoxy) is 1. The molecule has 0 unspecified atom stereocenters. The molecule has 172 valence electrons. The van der Waals surface area contributed by atoms with E-state index < -0.39 is 0 Å². The number of phenols is 1. The molecule has 0 aliphatic carbocycles. The second kappa shape index (κ2) is 10.7. The van der Waals surface area contributed by atoms with E-state index in [1.807, 2.05) is 65.2 Å². The SMILES string of the molecule is COc1ccc(O)c(/C(C)=N/NC(=O)CSc2nnc(-c3ccccc3)n2-c2ccccc2)c1. The summed E-state index contributed by atoms with van der Waals surface area (Å²) in [5.74, 6) is 1.10. The highest BCUT2D eigenvalue weighted by Gasteiger charge is 2.17. The van der Waals surface area contributed by atoms with Crippen molar-refractivity contribution in [1.82, 2.24) is 20.2 Å². The number of para-hydroxylation sites is 1. The zero-order chi connectivity index (χ0) is 23.9. The number of nitrogens with one attached hydrogen (secondary N) is 1. The van der Waals surface area contributed by atoms with Crippen LogP contribution in [0.25, 0.3) is 17.1 Å². The van der Waals surface area contributed by atoms with E-state index in [1.54, 1.807) is 26.2 Å². The Hall–Kier alpha value is -4.11. The minimum atomic E-state index is -0.310. The second-order valence-electron chi connectivity index (χ2n) is 7.25. The molecule has 0 radical (unpaired) electrons. The van der Waals surface area contributed by atoms with Crippen LogP contribution in [0.3, 0.4) is 0 Å². The molecule has 1 aromatic heterocycles. The molecular weight excluding hydrogens is 450 g/mol. The lowest BCUT2D eigenvalue weighted by Gasteiger charge is -2.10. The van der Waals surface area contributed by atoms with Crippen LogP contribution >= 0.6 is 11.8 Å². The summed E-state index contributed by atoms with van der Waals surface area (Å²) >= 11 is 1.26. The summed E-state index contributed by atoms with van der Waals surface area (Å²) in [7, 11) is 1.54. The van der Waals surface area contributed by atoms with Gasteiger partial charge in [-0.1, -0.05) is 60.3 Å². The molecule has 1 heterocycles. The van der Waals surface area contributed by atoms with Crippen LogP contribution in [0.5, 0.6) is 11.5 Å². The van der Waals surface area contributed by atoms with Gasteiger partial charge in [-0.2, -0.15) is 5.10 Å². The van der Waals surface area contributed by atoms with Gasteiger partial charge in [-0.25, -0.2) is 5.43 Å². The Kier molecular flexibility index (Phi) is 7.24. The number of thioether (sulfide) groups is 1. The first-order valence-corrected chi connectivity index (χ1v) is 11.4. The van der Waals surface area contributed by atoms with Crippen LogP contribution in [-0.4, -0.2) is 44.4 Å². The van der Waals surface area contributed by atoms with E-state index in [9.17, 15) is 9.90 Å². The Balaban J connectivity index is 1.50.